The lowest BCUT2D eigenvalue weighted by atomic mass is 10.0. The van der Waals surface area contributed by atoms with Gasteiger partial charge in [0.2, 0.25) is 0 Å². The lowest BCUT2D eigenvalue weighted by molar-refractivity contribution is 0.269. The lowest BCUT2D eigenvalue weighted by Gasteiger charge is -2.25. The van der Waals surface area contributed by atoms with E-state index >= 15 is 0 Å². The molecule has 1 unspecified atom stereocenters. The van der Waals surface area contributed by atoms with E-state index in [0.717, 1.165) is 13.1 Å². The Bertz CT molecular complexity index is 392. The van der Waals surface area contributed by atoms with Gasteiger partial charge in [0, 0.05) is 30.6 Å². The second-order valence-corrected chi connectivity index (χ2v) is 6.15. The molecule has 1 N–H and O–H groups in total. The molecule has 0 fully saturated rings. The highest BCUT2D eigenvalue weighted by Gasteiger charge is 2.12. The third-order valence-corrected chi connectivity index (χ3v) is 4.52. The van der Waals surface area contributed by atoms with Crippen molar-refractivity contribution in [3.63, 3.8) is 0 Å². The Morgan fingerprint density at radius 1 is 1.44 bits per heavy atom. The summed E-state index contributed by atoms with van der Waals surface area (Å²) in [7, 11) is 2.22. The maximum atomic E-state index is 3.47. The van der Waals surface area contributed by atoms with Crippen LogP contribution in [0.5, 0.6) is 0 Å². The number of nitrogens with one attached hydrogen (secondary N) is 1. The molecule has 1 aromatic carbocycles. The standard InChI is InChI=1S/C15H24N2S/c1-12(11-18-3)17(2)10-13-6-7-15-14(9-13)5-4-8-16-15/h6-7,9,12,16H,4-5,8,10-11H2,1-3H3. The van der Waals surface area contributed by atoms with E-state index in [2.05, 4.69) is 48.6 Å². The Balaban J connectivity index is 2.01. The molecular formula is C15H24N2S. The summed E-state index contributed by atoms with van der Waals surface area (Å²) in [5.74, 6) is 1.20. The molecule has 0 radical (unpaired) electrons. The summed E-state index contributed by atoms with van der Waals surface area (Å²) < 4.78 is 0. The van der Waals surface area contributed by atoms with Crippen LogP contribution in [0.3, 0.4) is 0 Å². The number of rotatable bonds is 5. The first-order chi connectivity index (χ1) is 8.70. The highest BCUT2D eigenvalue weighted by Crippen LogP contribution is 2.23. The van der Waals surface area contributed by atoms with Gasteiger partial charge in [0.1, 0.15) is 0 Å². The zero-order valence-electron chi connectivity index (χ0n) is 11.7. The topological polar surface area (TPSA) is 15.3 Å². The van der Waals surface area contributed by atoms with Gasteiger partial charge >= 0.3 is 0 Å². The zero-order chi connectivity index (χ0) is 13.0. The summed E-state index contributed by atoms with van der Waals surface area (Å²) >= 11 is 1.92. The average molecular weight is 264 g/mol. The van der Waals surface area contributed by atoms with Crippen LogP contribution < -0.4 is 5.32 Å². The molecule has 1 aromatic rings. The van der Waals surface area contributed by atoms with Crippen LogP contribution in [0, 0.1) is 0 Å². The van der Waals surface area contributed by atoms with Gasteiger partial charge in [0.25, 0.3) is 0 Å². The molecular weight excluding hydrogens is 240 g/mol. The first kappa shape index (κ1) is 13.8. The summed E-state index contributed by atoms with van der Waals surface area (Å²) in [4.78, 5) is 2.44. The Kier molecular flexibility index (Phi) is 4.95. The van der Waals surface area contributed by atoms with Crippen molar-refractivity contribution < 1.29 is 0 Å². The third-order valence-electron chi connectivity index (χ3n) is 3.70. The summed E-state index contributed by atoms with van der Waals surface area (Å²) in [6.07, 6.45) is 4.66. The van der Waals surface area contributed by atoms with Crippen molar-refractivity contribution in [1.29, 1.82) is 0 Å². The number of nitrogens with zero attached hydrogens (tertiary/aromatic N) is 1. The van der Waals surface area contributed by atoms with Crippen LogP contribution in [-0.2, 0) is 13.0 Å². The normalized spacial score (nSPS) is 16.2. The fourth-order valence-corrected chi connectivity index (χ4v) is 3.18. The first-order valence-electron chi connectivity index (χ1n) is 6.75. The fraction of sp³-hybridized carbons (Fsp3) is 0.600. The van der Waals surface area contributed by atoms with Crippen molar-refractivity contribution >= 4 is 17.4 Å². The smallest absolute Gasteiger partial charge is 0.0372 e. The second kappa shape index (κ2) is 6.48. The Hall–Kier alpha value is -0.670. The van der Waals surface area contributed by atoms with E-state index in [0.29, 0.717) is 6.04 Å². The van der Waals surface area contributed by atoms with Crippen LogP contribution in [0.25, 0.3) is 0 Å². The maximum Gasteiger partial charge on any atom is 0.0372 e. The van der Waals surface area contributed by atoms with Crippen molar-refractivity contribution in [1.82, 2.24) is 4.90 Å². The van der Waals surface area contributed by atoms with Crippen LogP contribution in [0.15, 0.2) is 18.2 Å². The number of hydrogen-bond donors (Lipinski definition) is 1. The van der Waals surface area contributed by atoms with E-state index in [1.165, 1.54) is 35.4 Å². The Morgan fingerprint density at radius 3 is 3.06 bits per heavy atom. The predicted octanol–water partition coefficient (Wildman–Crippen LogP) is 3.23. The number of benzene rings is 1. The van der Waals surface area contributed by atoms with Gasteiger partial charge < -0.3 is 5.32 Å². The van der Waals surface area contributed by atoms with E-state index in [9.17, 15) is 0 Å². The summed E-state index contributed by atoms with van der Waals surface area (Å²) in [6.45, 7) is 4.47. The molecule has 3 heteroatoms. The summed E-state index contributed by atoms with van der Waals surface area (Å²) in [6, 6.07) is 7.52. The maximum absolute atomic E-state index is 3.47. The predicted molar refractivity (Wildman–Crippen MR) is 82.6 cm³/mol. The molecule has 0 aliphatic carbocycles. The molecule has 2 nitrogen and oxygen atoms in total. The monoisotopic (exact) mass is 264 g/mol. The number of anilines is 1. The van der Waals surface area contributed by atoms with E-state index in [4.69, 9.17) is 0 Å². The van der Waals surface area contributed by atoms with E-state index in [1.54, 1.807) is 0 Å². The number of hydrogen-bond acceptors (Lipinski definition) is 3. The quantitative estimate of drug-likeness (QED) is 0.879. The Morgan fingerprint density at radius 2 is 2.28 bits per heavy atom. The van der Waals surface area contributed by atoms with Gasteiger partial charge in [-0.2, -0.15) is 11.8 Å². The zero-order valence-corrected chi connectivity index (χ0v) is 12.5. The molecule has 1 atom stereocenters. The number of fused-ring (bicyclic) bond motifs is 1. The molecule has 100 valence electrons. The number of aryl methyl sites for hydroxylation is 1. The van der Waals surface area contributed by atoms with Gasteiger partial charge in [-0.1, -0.05) is 12.1 Å². The molecule has 1 heterocycles. The second-order valence-electron chi connectivity index (χ2n) is 5.24. The van der Waals surface area contributed by atoms with Gasteiger partial charge in [0.15, 0.2) is 0 Å². The van der Waals surface area contributed by atoms with Crippen LogP contribution in [0.1, 0.15) is 24.5 Å². The number of thioether (sulfide) groups is 1. The van der Waals surface area contributed by atoms with Gasteiger partial charge in [-0.05, 0) is 50.3 Å². The molecule has 18 heavy (non-hydrogen) atoms. The van der Waals surface area contributed by atoms with Gasteiger partial charge in [0.05, 0.1) is 0 Å². The minimum Gasteiger partial charge on any atom is -0.385 e. The molecule has 1 aliphatic rings. The highest BCUT2D eigenvalue weighted by molar-refractivity contribution is 7.98. The van der Waals surface area contributed by atoms with Crippen molar-refractivity contribution in [2.24, 2.45) is 0 Å². The molecule has 0 aromatic heterocycles. The summed E-state index contributed by atoms with van der Waals surface area (Å²) in [5, 5.41) is 3.47. The van der Waals surface area contributed by atoms with E-state index < -0.39 is 0 Å². The average Bonchev–Trinajstić information content (AvgIpc) is 2.39. The van der Waals surface area contributed by atoms with Crippen molar-refractivity contribution in [3.8, 4) is 0 Å². The molecule has 0 bridgehead atoms. The van der Waals surface area contributed by atoms with Gasteiger partial charge in [-0.25, -0.2) is 0 Å². The van der Waals surface area contributed by atoms with Crippen LogP contribution in [0.2, 0.25) is 0 Å². The fourth-order valence-electron chi connectivity index (χ4n) is 2.44. The molecule has 0 amide bonds. The Labute approximate surface area is 115 Å². The minimum absolute atomic E-state index is 0.633. The van der Waals surface area contributed by atoms with Crippen molar-refractivity contribution in [3.05, 3.63) is 29.3 Å². The molecule has 2 rings (SSSR count). The lowest BCUT2D eigenvalue weighted by Crippen LogP contribution is -2.30. The van der Waals surface area contributed by atoms with Gasteiger partial charge in [-0.3, -0.25) is 4.90 Å². The first-order valence-corrected chi connectivity index (χ1v) is 8.15. The SMILES string of the molecule is CSCC(C)N(C)Cc1ccc2c(c1)CCCN2. The molecule has 1 aliphatic heterocycles. The van der Waals surface area contributed by atoms with E-state index in [-0.39, 0.29) is 0 Å². The van der Waals surface area contributed by atoms with Crippen LogP contribution in [0.4, 0.5) is 5.69 Å². The highest BCUT2D eigenvalue weighted by atomic mass is 32.2. The van der Waals surface area contributed by atoms with Crippen LogP contribution >= 0.6 is 11.8 Å². The minimum atomic E-state index is 0.633. The van der Waals surface area contributed by atoms with Crippen LogP contribution in [-0.4, -0.2) is 36.5 Å². The molecule has 0 spiro atoms. The largest absolute Gasteiger partial charge is 0.385 e. The van der Waals surface area contributed by atoms with Gasteiger partial charge in [-0.15, -0.1) is 0 Å². The third kappa shape index (κ3) is 3.42. The summed E-state index contributed by atoms with van der Waals surface area (Å²) in [5.41, 5.74) is 4.27. The van der Waals surface area contributed by atoms with Crippen molar-refractivity contribution in [2.45, 2.75) is 32.4 Å². The molecule has 0 saturated heterocycles. The van der Waals surface area contributed by atoms with E-state index in [1.807, 2.05) is 11.8 Å². The van der Waals surface area contributed by atoms with Crippen molar-refractivity contribution in [2.75, 3.05) is 30.9 Å². The molecule has 0 saturated carbocycles.